The second-order valence-corrected chi connectivity index (χ2v) is 8.30. The number of thiazole rings is 1. The Balaban J connectivity index is 1.80. The Hall–Kier alpha value is -2.78. The van der Waals surface area contributed by atoms with Gasteiger partial charge in [-0.3, -0.25) is 14.3 Å². The third kappa shape index (κ3) is 3.70. The van der Waals surface area contributed by atoms with Crippen LogP contribution in [0.15, 0.2) is 42.0 Å². The Kier molecular flexibility index (Phi) is 5.83. The van der Waals surface area contributed by atoms with Crippen LogP contribution in [0.5, 0.6) is 0 Å². The van der Waals surface area contributed by atoms with Gasteiger partial charge < -0.3 is 15.0 Å². The number of thiocarbonyl (C=S) groups is 1. The van der Waals surface area contributed by atoms with Crippen molar-refractivity contribution in [3.8, 4) is 5.13 Å². The first-order valence-corrected chi connectivity index (χ1v) is 11.0. The number of nitrogens with zero attached hydrogens (tertiary/aromatic N) is 4. The molecule has 7 nitrogen and oxygen atoms in total. The van der Waals surface area contributed by atoms with Crippen molar-refractivity contribution in [3.05, 3.63) is 64.7 Å². The van der Waals surface area contributed by atoms with E-state index in [1.54, 1.807) is 30.7 Å². The summed E-state index contributed by atoms with van der Waals surface area (Å²) in [5, 5.41) is 6.76. The lowest BCUT2D eigenvalue weighted by atomic mass is 9.97. The van der Waals surface area contributed by atoms with Gasteiger partial charge in [-0.05, 0) is 56.8 Å². The minimum absolute atomic E-state index is 0.0780. The van der Waals surface area contributed by atoms with Crippen molar-refractivity contribution in [2.45, 2.75) is 32.9 Å². The third-order valence-electron chi connectivity index (χ3n) is 5.20. The molecule has 4 rings (SSSR count). The minimum Gasteiger partial charge on any atom is -0.465 e. The molecule has 0 radical (unpaired) electrons. The molecule has 1 aliphatic rings. The first-order chi connectivity index (χ1) is 14.5. The topological polar surface area (TPSA) is 72.3 Å². The number of hydrogen-bond acceptors (Lipinski definition) is 6. The summed E-state index contributed by atoms with van der Waals surface area (Å²) in [6.07, 6.45) is 3.57. The van der Waals surface area contributed by atoms with Gasteiger partial charge in [0.25, 0.3) is 0 Å². The summed E-state index contributed by atoms with van der Waals surface area (Å²) in [5.41, 5.74) is 4.09. The molecule has 0 unspecified atom stereocenters. The van der Waals surface area contributed by atoms with E-state index in [2.05, 4.69) is 39.8 Å². The van der Waals surface area contributed by atoms with E-state index in [-0.39, 0.29) is 24.6 Å². The lowest BCUT2D eigenvalue weighted by Crippen LogP contribution is -2.35. The highest BCUT2D eigenvalue weighted by atomic mass is 32.1. The quantitative estimate of drug-likeness (QED) is 0.464. The summed E-state index contributed by atoms with van der Waals surface area (Å²) in [6, 6.07) is 7.58. The van der Waals surface area contributed by atoms with E-state index in [4.69, 9.17) is 17.0 Å². The van der Waals surface area contributed by atoms with Gasteiger partial charge in [0.1, 0.15) is 6.54 Å². The fraction of sp³-hybridized carbons (Fsp3) is 0.333. The van der Waals surface area contributed by atoms with Gasteiger partial charge in [0, 0.05) is 29.2 Å². The van der Waals surface area contributed by atoms with Crippen molar-refractivity contribution >= 4 is 34.6 Å². The Bertz CT molecular complexity index is 1050. The van der Waals surface area contributed by atoms with Gasteiger partial charge >= 0.3 is 5.97 Å². The molecule has 1 N–H and O–H groups in total. The number of aromatic nitrogens is 3. The van der Waals surface area contributed by atoms with E-state index in [1.807, 2.05) is 28.5 Å². The van der Waals surface area contributed by atoms with Gasteiger partial charge in [-0.2, -0.15) is 0 Å². The van der Waals surface area contributed by atoms with Gasteiger partial charge in [0.2, 0.25) is 0 Å². The molecule has 4 heterocycles. The van der Waals surface area contributed by atoms with E-state index in [0.29, 0.717) is 11.7 Å². The number of carbonyl (C=O) groups is 1. The molecule has 1 aliphatic heterocycles. The Labute approximate surface area is 184 Å². The minimum atomic E-state index is -0.304. The van der Waals surface area contributed by atoms with Crippen LogP contribution in [0.4, 0.5) is 0 Å². The smallest absolute Gasteiger partial charge is 0.325 e. The number of rotatable bonds is 6. The van der Waals surface area contributed by atoms with Crippen molar-refractivity contribution in [2.24, 2.45) is 0 Å². The van der Waals surface area contributed by atoms with E-state index >= 15 is 0 Å². The lowest BCUT2D eigenvalue weighted by Gasteiger charge is -2.27. The maximum Gasteiger partial charge on any atom is 0.325 e. The van der Waals surface area contributed by atoms with E-state index in [9.17, 15) is 4.79 Å². The van der Waals surface area contributed by atoms with Crippen LogP contribution in [0.2, 0.25) is 0 Å². The van der Waals surface area contributed by atoms with Gasteiger partial charge in [0.05, 0.1) is 24.4 Å². The molecule has 0 amide bonds. The fourth-order valence-corrected chi connectivity index (χ4v) is 5.02. The zero-order valence-corrected chi connectivity index (χ0v) is 18.7. The largest absolute Gasteiger partial charge is 0.465 e. The van der Waals surface area contributed by atoms with Crippen LogP contribution >= 0.6 is 23.6 Å². The molecule has 0 aliphatic carbocycles. The van der Waals surface area contributed by atoms with Crippen molar-refractivity contribution in [1.29, 1.82) is 0 Å². The summed E-state index contributed by atoms with van der Waals surface area (Å²) in [5.74, 6) is -0.304. The average molecular weight is 442 g/mol. The van der Waals surface area contributed by atoms with Crippen LogP contribution in [0.25, 0.3) is 5.13 Å². The summed E-state index contributed by atoms with van der Waals surface area (Å²) in [6.45, 7) is 6.34. The highest BCUT2D eigenvalue weighted by molar-refractivity contribution is 7.80. The number of hydrogen-bond donors (Lipinski definition) is 1. The SMILES string of the molecule is CCOC(=O)CN1C(=S)N[C@H](c2ccccn2)[C@H]1c1cc(C)n(-c2nccs2)c1C. The van der Waals surface area contributed by atoms with Crippen molar-refractivity contribution < 1.29 is 9.53 Å². The first-order valence-electron chi connectivity index (χ1n) is 9.73. The van der Waals surface area contributed by atoms with Gasteiger partial charge in [-0.25, -0.2) is 4.98 Å². The predicted molar refractivity (Wildman–Crippen MR) is 120 cm³/mol. The molecule has 3 aromatic heterocycles. The van der Waals surface area contributed by atoms with Crippen LogP contribution in [0.1, 0.15) is 41.7 Å². The molecule has 156 valence electrons. The van der Waals surface area contributed by atoms with E-state index < -0.39 is 0 Å². The number of carbonyl (C=O) groups excluding carboxylic acids is 1. The average Bonchev–Trinajstić information content (AvgIpc) is 3.42. The number of pyridine rings is 1. The summed E-state index contributed by atoms with van der Waals surface area (Å²) < 4.78 is 7.34. The number of nitrogens with one attached hydrogen (secondary N) is 1. The summed E-state index contributed by atoms with van der Waals surface area (Å²) >= 11 is 7.21. The summed E-state index contributed by atoms with van der Waals surface area (Å²) in [4.78, 5) is 23.3. The fourth-order valence-electron chi connectivity index (χ4n) is 3.97. The van der Waals surface area contributed by atoms with Gasteiger partial charge in [-0.1, -0.05) is 6.07 Å². The zero-order valence-electron chi connectivity index (χ0n) is 17.0. The third-order valence-corrected chi connectivity index (χ3v) is 6.31. The Morgan fingerprint density at radius 3 is 2.80 bits per heavy atom. The molecule has 0 bridgehead atoms. The van der Waals surface area contributed by atoms with Gasteiger partial charge in [-0.15, -0.1) is 11.3 Å². The molecule has 0 spiro atoms. The Morgan fingerprint density at radius 1 is 1.30 bits per heavy atom. The zero-order chi connectivity index (χ0) is 21.3. The number of aryl methyl sites for hydroxylation is 1. The Morgan fingerprint density at radius 2 is 2.13 bits per heavy atom. The van der Waals surface area contributed by atoms with Crippen LogP contribution in [0, 0.1) is 13.8 Å². The monoisotopic (exact) mass is 441 g/mol. The molecule has 30 heavy (non-hydrogen) atoms. The standard InChI is InChI=1S/C21H23N5O2S2/c1-4-28-17(27)12-25-19(18(24-20(25)29)16-7-5-6-8-22-16)15-11-13(2)26(14(15)3)21-23-9-10-30-21/h5-11,18-19H,4,12H2,1-3H3,(H,24,29)/t18-,19-/m1/s1. The highest BCUT2D eigenvalue weighted by Crippen LogP contribution is 2.41. The van der Waals surface area contributed by atoms with Crippen molar-refractivity contribution in [1.82, 2.24) is 24.8 Å². The molecular formula is C21H23N5O2S2. The molecule has 9 heteroatoms. The maximum absolute atomic E-state index is 12.3. The number of esters is 1. The second-order valence-electron chi connectivity index (χ2n) is 7.04. The maximum atomic E-state index is 12.3. The van der Waals surface area contributed by atoms with Crippen LogP contribution < -0.4 is 5.32 Å². The first kappa shape index (κ1) is 20.5. The van der Waals surface area contributed by atoms with Crippen LogP contribution in [-0.2, 0) is 9.53 Å². The van der Waals surface area contributed by atoms with Gasteiger partial charge in [0.15, 0.2) is 10.2 Å². The van der Waals surface area contributed by atoms with Crippen LogP contribution in [-0.4, -0.2) is 43.7 Å². The molecule has 0 saturated carbocycles. The normalized spacial score (nSPS) is 18.5. The second kappa shape index (κ2) is 8.53. The highest BCUT2D eigenvalue weighted by Gasteiger charge is 2.42. The van der Waals surface area contributed by atoms with Crippen molar-refractivity contribution in [2.75, 3.05) is 13.2 Å². The molecule has 1 saturated heterocycles. The lowest BCUT2D eigenvalue weighted by molar-refractivity contribution is -0.143. The van der Waals surface area contributed by atoms with Crippen LogP contribution in [0.3, 0.4) is 0 Å². The molecule has 1 fully saturated rings. The molecule has 2 atom stereocenters. The van der Waals surface area contributed by atoms with Crippen molar-refractivity contribution in [3.63, 3.8) is 0 Å². The van der Waals surface area contributed by atoms with E-state index in [0.717, 1.165) is 27.8 Å². The molecule has 3 aromatic rings. The molecular weight excluding hydrogens is 418 g/mol. The molecule has 0 aromatic carbocycles. The summed E-state index contributed by atoms with van der Waals surface area (Å²) in [7, 11) is 0. The predicted octanol–water partition coefficient (Wildman–Crippen LogP) is 3.48. The number of ether oxygens (including phenoxy) is 1. The van der Waals surface area contributed by atoms with E-state index in [1.165, 1.54) is 0 Å².